The van der Waals surface area contributed by atoms with E-state index < -0.39 is 10.5 Å². The van der Waals surface area contributed by atoms with Crippen LogP contribution < -0.4 is 11.1 Å². The highest BCUT2D eigenvalue weighted by Crippen LogP contribution is 2.20. The molecule has 1 aromatic rings. The summed E-state index contributed by atoms with van der Waals surface area (Å²) >= 11 is 1.90. The number of amides is 1. The van der Waals surface area contributed by atoms with Crippen LogP contribution in [0.5, 0.6) is 0 Å². The zero-order valence-electron chi connectivity index (χ0n) is 10.1. The lowest BCUT2D eigenvalue weighted by Gasteiger charge is -2.24. The van der Waals surface area contributed by atoms with Crippen LogP contribution in [0.4, 0.5) is 5.69 Å². The van der Waals surface area contributed by atoms with Gasteiger partial charge >= 0.3 is 0 Å². The standard InChI is InChI=1S/C11H14IN3O3/c1-11(2,6-13)14-10(16)8-4-3-7(15(17)18)5-9(8)12/h3-5H,6,13H2,1-2H3,(H,14,16). The highest BCUT2D eigenvalue weighted by atomic mass is 127. The summed E-state index contributed by atoms with van der Waals surface area (Å²) in [5.74, 6) is -0.287. The second-order valence-corrected chi connectivity index (χ2v) is 5.63. The molecule has 1 aromatic carbocycles. The molecule has 18 heavy (non-hydrogen) atoms. The van der Waals surface area contributed by atoms with Crippen LogP contribution in [0, 0.1) is 13.7 Å². The maximum atomic E-state index is 12.0. The smallest absolute Gasteiger partial charge is 0.270 e. The normalized spacial score (nSPS) is 11.1. The first-order chi connectivity index (χ1) is 8.26. The maximum Gasteiger partial charge on any atom is 0.270 e. The zero-order chi connectivity index (χ0) is 13.9. The molecule has 0 bridgehead atoms. The first kappa shape index (κ1) is 14.8. The summed E-state index contributed by atoms with van der Waals surface area (Å²) in [6.07, 6.45) is 0. The summed E-state index contributed by atoms with van der Waals surface area (Å²) in [5, 5.41) is 13.4. The number of nitrogens with one attached hydrogen (secondary N) is 1. The van der Waals surface area contributed by atoms with Gasteiger partial charge < -0.3 is 11.1 Å². The summed E-state index contributed by atoms with van der Waals surface area (Å²) in [7, 11) is 0. The molecule has 0 aromatic heterocycles. The summed E-state index contributed by atoms with van der Waals surface area (Å²) in [5.41, 5.74) is 5.39. The lowest BCUT2D eigenvalue weighted by Crippen LogP contribution is -2.49. The number of hydrogen-bond donors (Lipinski definition) is 2. The van der Waals surface area contributed by atoms with Gasteiger partial charge in [-0.2, -0.15) is 0 Å². The molecule has 0 aliphatic rings. The molecule has 98 valence electrons. The van der Waals surface area contributed by atoms with E-state index >= 15 is 0 Å². The fraction of sp³-hybridized carbons (Fsp3) is 0.364. The first-order valence-corrected chi connectivity index (χ1v) is 6.31. The molecule has 0 unspecified atom stereocenters. The van der Waals surface area contributed by atoms with Gasteiger partial charge in [-0.05, 0) is 42.5 Å². The number of nitrogens with zero attached hydrogens (tertiary/aromatic N) is 1. The van der Waals surface area contributed by atoms with Crippen LogP contribution in [0.15, 0.2) is 18.2 Å². The third kappa shape index (κ3) is 3.64. The van der Waals surface area contributed by atoms with E-state index in [1.807, 2.05) is 36.4 Å². The number of benzene rings is 1. The second kappa shape index (κ2) is 5.61. The molecule has 0 heterocycles. The number of carbonyl (C=O) groups excluding carboxylic acids is 1. The van der Waals surface area contributed by atoms with E-state index in [9.17, 15) is 14.9 Å². The van der Waals surface area contributed by atoms with Gasteiger partial charge in [0.2, 0.25) is 0 Å². The Balaban J connectivity index is 2.97. The number of nitro groups is 1. The molecule has 1 amide bonds. The number of halogens is 1. The van der Waals surface area contributed by atoms with Gasteiger partial charge in [0.15, 0.2) is 0 Å². The van der Waals surface area contributed by atoms with Crippen molar-refractivity contribution < 1.29 is 9.72 Å². The topological polar surface area (TPSA) is 98.3 Å². The van der Waals surface area contributed by atoms with Crippen LogP contribution in [0.2, 0.25) is 0 Å². The second-order valence-electron chi connectivity index (χ2n) is 4.46. The predicted molar refractivity (Wildman–Crippen MR) is 76.4 cm³/mol. The highest BCUT2D eigenvalue weighted by molar-refractivity contribution is 14.1. The number of rotatable bonds is 4. The van der Waals surface area contributed by atoms with E-state index in [-0.39, 0.29) is 11.6 Å². The van der Waals surface area contributed by atoms with Crippen molar-refractivity contribution in [3.8, 4) is 0 Å². The summed E-state index contributed by atoms with van der Waals surface area (Å²) in [6, 6.07) is 4.12. The van der Waals surface area contributed by atoms with Crippen molar-refractivity contribution in [2.45, 2.75) is 19.4 Å². The molecule has 0 spiro atoms. The molecule has 3 N–H and O–H groups in total. The Kier molecular flexibility index (Phi) is 4.63. The van der Waals surface area contributed by atoms with Crippen molar-refractivity contribution in [3.63, 3.8) is 0 Å². The number of hydrogen-bond acceptors (Lipinski definition) is 4. The zero-order valence-corrected chi connectivity index (χ0v) is 12.2. The quantitative estimate of drug-likeness (QED) is 0.483. The van der Waals surface area contributed by atoms with Gasteiger partial charge in [-0.1, -0.05) is 0 Å². The number of nitro benzene ring substituents is 1. The SMILES string of the molecule is CC(C)(CN)NC(=O)c1ccc([N+](=O)[O-])cc1I. The van der Waals surface area contributed by atoms with Crippen LogP contribution in [0.1, 0.15) is 24.2 Å². The summed E-state index contributed by atoms with van der Waals surface area (Å²) < 4.78 is 0.534. The Morgan fingerprint density at radius 2 is 2.17 bits per heavy atom. The molecule has 7 heteroatoms. The molecular weight excluding hydrogens is 349 g/mol. The number of non-ortho nitro benzene ring substituents is 1. The van der Waals surface area contributed by atoms with Crippen LogP contribution >= 0.6 is 22.6 Å². The third-order valence-electron chi connectivity index (χ3n) is 2.37. The lowest BCUT2D eigenvalue weighted by molar-refractivity contribution is -0.384. The van der Waals surface area contributed by atoms with Crippen LogP contribution in [-0.2, 0) is 0 Å². The predicted octanol–water partition coefficient (Wildman–Crippen LogP) is 1.67. The van der Waals surface area contributed by atoms with Gasteiger partial charge in [-0.25, -0.2) is 0 Å². The Hall–Kier alpha value is -1.22. The van der Waals surface area contributed by atoms with E-state index in [4.69, 9.17) is 5.73 Å². The molecule has 6 nitrogen and oxygen atoms in total. The minimum Gasteiger partial charge on any atom is -0.346 e. The minimum atomic E-state index is -0.512. The maximum absolute atomic E-state index is 12.0. The van der Waals surface area contributed by atoms with Gasteiger partial charge in [-0.3, -0.25) is 14.9 Å². The van der Waals surface area contributed by atoms with Gasteiger partial charge in [0.1, 0.15) is 0 Å². The van der Waals surface area contributed by atoms with Crippen molar-refractivity contribution in [2.75, 3.05) is 6.54 Å². The van der Waals surface area contributed by atoms with Gasteiger partial charge in [-0.15, -0.1) is 0 Å². The molecule has 0 saturated carbocycles. The Morgan fingerprint density at radius 3 is 2.61 bits per heavy atom. The molecule has 0 radical (unpaired) electrons. The highest BCUT2D eigenvalue weighted by Gasteiger charge is 2.21. The first-order valence-electron chi connectivity index (χ1n) is 5.23. The largest absolute Gasteiger partial charge is 0.346 e. The number of nitrogens with two attached hydrogens (primary N) is 1. The molecule has 1 rings (SSSR count). The molecular formula is C11H14IN3O3. The average Bonchev–Trinajstić information content (AvgIpc) is 2.28. The van der Waals surface area contributed by atoms with E-state index in [0.29, 0.717) is 15.7 Å². The van der Waals surface area contributed by atoms with Gasteiger partial charge in [0.05, 0.1) is 10.5 Å². The molecule has 0 fully saturated rings. The lowest BCUT2D eigenvalue weighted by atomic mass is 10.1. The molecule has 0 aliphatic carbocycles. The summed E-state index contributed by atoms with van der Waals surface area (Å²) in [4.78, 5) is 22.1. The monoisotopic (exact) mass is 363 g/mol. The Morgan fingerprint density at radius 1 is 1.56 bits per heavy atom. The van der Waals surface area contributed by atoms with E-state index in [0.717, 1.165) is 0 Å². The van der Waals surface area contributed by atoms with E-state index in [2.05, 4.69) is 5.32 Å². The van der Waals surface area contributed by atoms with Gasteiger partial charge in [0, 0.05) is 27.8 Å². The average molecular weight is 363 g/mol. The van der Waals surface area contributed by atoms with Crippen molar-refractivity contribution >= 4 is 34.2 Å². The van der Waals surface area contributed by atoms with E-state index in [1.165, 1.54) is 18.2 Å². The summed E-state index contributed by atoms with van der Waals surface area (Å²) in [6.45, 7) is 3.93. The van der Waals surface area contributed by atoms with E-state index in [1.54, 1.807) is 0 Å². The van der Waals surface area contributed by atoms with Crippen molar-refractivity contribution in [3.05, 3.63) is 37.4 Å². The number of carbonyl (C=O) groups is 1. The molecule has 0 aliphatic heterocycles. The van der Waals surface area contributed by atoms with Crippen LogP contribution in [0.3, 0.4) is 0 Å². The van der Waals surface area contributed by atoms with Crippen molar-refractivity contribution in [1.82, 2.24) is 5.32 Å². The fourth-order valence-electron chi connectivity index (χ4n) is 1.23. The third-order valence-corrected chi connectivity index (χ3v) is 3.26. The van der Waals surface area contributed by atoms with Crippen LogP contribution in [0.25, 0.3) is 0 Å². The Labute approximate surface area is 118 Å². The molecule has 0 saturated heterocycles. The van der Waals surface area contributed by atoms with Crippen molar-refractivity contribution in [2.24, 2.45) is 5.73 Å². The fourth-order valence-corrected chi connectivity index (χ4v) is 1.97. The van der Waals surface area contributed by atoms with Crippen molar-refractivity contribution in [1.29, 1.82) is 0 Å². The Bertz CT molecular complexity index is 488. The van der Waals surface area contributed by atoms with Crippen LogP contribution in [-0.4, -0.2) is 22.9 Å². The molecule has 0 atom stereocenters. The minimum absolute atomic E-state index is 0.0333. The van der Waals surface area contributed by atoms with Gasteiger partial charge in [0.25, 0.3) is 11.6 Å².